The van der Waals surface area contributed by atoms with Crippen molar-refractivity contribution in [2.24, 2.45) is 0 Å². The molecule has 10 nitrogen and oxygen atoms in total. The number of carbonyl (C=O) groups is 2. The molecule has 12 heteroatoms. The lowest BCUT2D eigenvalue weighted by Gasteiger charge is -2.34. The summed E-state index contributed by atoms with van der Waals surface area (Å²) in [6.45, 7) is 10.4. The summed E-state index contributed by atoms with van der Waals surface area (Å²) in [6, 6.07) is 7.38. The lowest BCUT2D eigenvalue weighted by molar-refractivity contribution is 0.0205. The zero-order valence-electron chi connectivity index (χ0n) is 23.0. The van der Waals surface area contributed by atoms with E-state index in [-0.39, 0.29) is 23.6 Å². The van der Waals surface area contributed by atoms with Gasteiger partial charge in [-0.25, -0.2) is 32.0 Å². The number of hydrogen-bond donors (Lipinski definition) is 1. The Morgan fingerprint density at radius 2 is 1.74 bits per heavy atom. The topological polar surface area (TPSA) is 123 Å². The molecule has 1 saturated heterocycles. The van der Waals surface area contributed by atoms with Gasteiger partial charge in [0.1, 0.15) is 17.1 Å². The van der Waals surface area contributed by atoms with Crippen LogP contribution in [0.2, 0.25) is 0 Å². The number of nitrogens with one attached hydrogen (secondary N) is 1. The van der Waals surface area contributed by atoms with Gasteiger partial charge in [0.2, 0.25) is 10.0 Å². The number of carbonyl (C=O) groups excluding carboxylic acids is 2. The van der Waals surface area contributed by atoms with Crippen molar-refractivity contribution in [3.05, 3.63) is 53.1 Å². The summed E-state index contributed by atoms with van der Waals surface area (Å²) in [6.07, 6.45) is 1.73. The highest BCUT2D eigenvalue weighted by Gasteiger charge is 2.31. The van der Waals surface area contributed by atoms with Gasteiger partial charge < -0.3 is 9.64 Å². The Kier molecular flexibility index (Phi) is 7.70. The van der Waals surface area contributed by atoms with Crippen LogP contribution in [0.3, 0.4) is 0 Å². The predicted molar refractivity (Wildman–Crippen MR) is 145 cm³/mol. The van der Waals surface area contributed by atoms with Crippen LogP contribution in [-0.4, -0.2) is 65.0 Å². The third-order valence-electron chi connectivity index (χ3n) is 6.41. The van der Waals surface area contributed by atoms with Gasteiger partial charge >= 0.3 is 6.09 Å². The third-order valence-corrected chi connectivity index (χ3v) is 6.97. The average molecular weight is 560 g/mol. The molecule has 1 aliphatic heterocycles. The number of likely N-dealkylation sites (tertiary alicyclic amines) is 1. The monoisotopic (exact) mass is 559 g/mol. The molecule has 2 amide bonds. The molecule has 39 heavy (non-hydrogen) atoms. The van der Waals surface area contributed by atoms with Crippen LogP contribution < -0.4 is 4.72 Å². The second-order valence-electron chi connectivity index (χ2n) is 11.2. The van der Waals surface area contributed by atoms with Gasteiger partial charge in [0.15, 0.2) is 5.65 Å². The van der Waals surface area contributed by atoms with Gasteiger partial charge in [0.05, 0.1) is 17.6 Å². The van der Waals surface area contributed by atoms with E-state index in [0.717, 1.165) is 22.9 Å². The lowest BCUT2D eigenvalue weighted by Crippen LogP contribution is -2.41. The van der Waals surface area contributed by atoms with E-state index in [2.05, 4.69) is 4.98 Å². The molecule has 0 unspecified atom stereocenters. The first kappa shape index (κ1) is 28.5. The second kappa shape index (κ2) is 10.6. The fourth-order valence-electron chi connectivity index (χ4n) is 4.70. The van der Waals surface area contributed by atoms with Gasteiger partial charge in [-0.05, 0) is 81.3 Å². The minimum atomic E-state index is -3.83. The third kappa shape index (κ3) is 6.55. The van der Waals surface area contributed by atoms with Gasteiger partial charge in [0.25, 0.3) is 5.91 Å². The fourth-order valence-corrected chi connectivity index (χ4v) is 5.14. The summed E-state index contributed by atoms with van der Waals surface area (Å²) >= 11 is 0. The zero-order chi connectivity index (χ0) is 28.7. The van der Waals surface area contributed by atoms with Crippen molar-refractivity contribution in [3.8, 4) is 5.69 Å². The first-order chi connectivity index (χ1) is 18.1. The molecular formula is C27H34FN5O5S. The van der Waals surface area contributed by atoms with Gasteiger partial charge in [-0.3, -0.25) is 4.79 Å². The highest BCUT2D eigenvalue weighted by Crippen LogP contribution is 2.38. The molecule has 1 N–H and O–H groups in total. The molecule has 210 valence electrons. The van der Waals surface area contributed by atoms with E-state index in [1.54, 1.807) is 27.8 Å². The van der Waals surface area contributed by atoms with Crippen molar-refractivity contribution in [1.29, 1.82) is 0 Å². The quantitative estimate of drug-likeness (QED) is 0.489. The average Bonchev–Trinajstić information content (AvgIpc) is 3.22. The van der Waals surface area contributed by atoms with E-state index < -0.39 is 27.3 Å². The minimum Gasteiger partial charge on any atom is -0.444 e. The van der Waals surface area contributed by atoms with Crippen molar-refractivity contribution in [2.75, 3.05) is 19.3 Å². The minimum absolute atomic E-state index is 0.00713. The smallest absolute Gasteiger partial charge is 0.410 e. The Morgan fingerprint density at radius 3 is 2.28 bits per heavy atom. The summed E-state index contributed by atoms with van der Waals surface area (Å²) in [5, 5.41) is 5.56. The van der Waals surface area contributed by atoms with E-state index in [9.17, 15) is 22.4 Å². The molecule has 1 fully saturated rings. The van der Waals surface area contributed by atoms with E-state index in [0.29, 0.717) is 37.3 Å². The van der Waals surface area contributed by atoms with E-state index in [1.807, 2.05) is 39.3 Å². The fraction of sp³-hybridized carbons (Fsp3) is 0.481. The number of fused-ring (bicyclic) bond motifs is 1. The Bertz CT molecular complexity index is 1500. The van der Waals surface area contributed by atoms with Crippen LogP contribution in [0.25, 0.3) is 16.7 Å². The molecular weight excluding hydrogens is 525 g/mol. The Labute approximate surface area is 227 Å². The van der Waals surface area contributed by atoms with Crippen LogP contribution in [0.5, 0.6) is 0 Å². The van der Waals surface area contributed by atoms with Crippen LogP contribution in [0.1, 0.15) is 81.0 Å². The number of rotatable bonds is 5. The van der Waals surface area contributed by atoms with Gasteiger partial charge in [-0.1, -0.05) is 13.8 Å². The molecule has 0 radical (unpaired) electrons. The maximum absolute atomic E-state index is 13.7. The molecule has 0 aliphatic carbocycles. The Hall–Kier alpha value is -3.54. The molecule has 0 atom stereocenters. The Balaban J connectivity index is 1.83. The van der Waals surface area contributed by atoms with Crippen molar-refractivity contribution < 1.29 is 27.1 Å². The number of pyridine rings is 1. The predicted octanol–water partition coefficient (Wildman–Crippen LogP) is 4.49. The molecule has 0 bridgehead atoms. The summed E-state index contributed by atoms with van der Waals surface area (Å²) in [7, 11) is -3.83. The van der Waals surface area contributed by atoms with Crippen LogP contribution in [0.4, 0.5) is 9.18 Å². The zero-order valence-corrected chi connectivity index (χ0v) is 23.8. The number of sulfonamides is 1. The number of aromatic nitrogens is 3. The van der Waals surface area contributed by atoms with Crippen LogP contribution in [-0.2, 0) is 14.8 Å². The van der Waals surface area contributed by atoms with Crippen LogP contribution in [0.15, 0.2) is 30.3 Å². The van der Waals surface area contributed by atoms with Gasteiger partial charge in [-0.2, -0.15) is 5.10 Å². The number of hydrogen-bond acceptors (Lipinski definition) is 7. The van der Waals surface area contributed by atoms with E-state index in [1.165, 1.54) is 12.1 Å². The number of ether oxygens (including phenoxy) is 1. The first-order valence-electron chi connectivity index (χ1n) is 12.8. The highest BCUT2D eigenvalue weighted by molar-refractivity contribution is 7.89. The SMILES string of the molecule is CC(C)c1nn(-c2ccc(F)cc2)c2nc(C(=O)NS(C)(=O)=O)cc(C3CCN(C(=O)OC(C)(C)C)CC3)c12. The Morgan fingerprint density at radius 1 is 1.13 bits per heavy atom. The maximum atomic E-state index is 13.7. The molecule has 1 aromatic carbocycles. The molecule has 4 rings (SSSR count). The molecule has 3 heterocycles. The highest BCUT2D eigenvalue weighted by atomic mass is 32.2. The molecule has 3 aromatic rings. The molecule has 0 spiro atoms. The van der Waals surface area contributed by atoms with Crippen molar-refractivity contribution in [3.63, 3.8) is 0 Å². The largest absolute Gasteiger partial charge is 0.444 e. The van der Waals surface area contributed by atoms with Crippen molar-refractivity contribution in [2.45, 2.75) is 64.9 Å². The number of piperidine rings is 1. The standard InChI is InChI=1S/C27H34FN5O5S/c1-16(2)23-22-20(17-11-13-32(14-12-17)26(35)38-27(3,4)5)15-21(25(34)31-39(6,36)37)29-24(22)33(30-23)19-9-7-18(28)8-10-19/h7-10,15-17H,11-14H2,1-6H3,(H,31,34). The molecule has 0 saturated carbocycles. The summed E-state index contributed by atoms with van der Waals surface area (Å²) < 4.78 is 46.4. The summed E-state index contributed by atoms with van der Waals surface area (Å²) in [4.78, 5) is 31.8. The number of benzene rings is 1. The first-order valence-corrected chi connectivity index (χ1v) is 14.7. The normalized spacial score (nSPS) is 15.1. The van der Waals surface area contributed by atoms with E-state index in [4.69, 9.17) is 9.84 Å². The van der Waals surface area contributed by atoms with Crippen LogP contribution >= 0.6 is 0 Å². The van der Waals surface area contributed by atoms with Crippen LogP contribution in [0, 0.1) is 5.82 Å². The maximum Gasteiger partial charge on any atom is 0.410 e. The number of halogens is 1. The summed E-state index contributed by atoms with van der Waals surface area (Å²) in [5.74, 6) is -1.32. The lowest BCUT2D eigenvalue weighted by atomic mass is 9.86. The second-order valence-corrected chi connectivity index (χ2v) is 12.9. The van der Waals surface area contributed by atoms with Crippen molar-refractivity contribution >= 4 is 33.1 Å². The van der Waals surface area contributed by atoms with E-state index >= 15 is 0 Å². The molecule has 2 aromatic heterocycles. The molecule has 1 aliphatic rings. The summed E-state index contributed by atoms with van der Waals surface area (Å²) in [5.41, 5.74) is 1.80. The number of nitrogens with zero attached hydrogens (tertiary/aromatic N) is 4. The van der Waals surface area contributed by atoms with Crippen molar-refractivity contribution in [1.82, 2.24) is 24.4 Å². The number of amides is 2. The van der Waals surface area contributed by atoms with Gasteiger partial charge in [0, 0.05) is 18.5 Å². The van der Waals surface area contributed by atoms with Gasteiger partial charge in [-0.15, -0.1) is 0 Å².